The summed E-state index contributed by atoms with van der Waals surface area (Å²) in [5.74, 6) is 0.132. The van der Waals surface area contributed by atoms with E-state index in [9.17, 15) is 9.90 Å². The predicted molar refractivity (Wildman–Crippen MR) is 90.5 cm³/mol. The lowest BCUT2D eigenvalue weighted by molar-refractivity contribution is -0.105. The number of phenols is 1. The Labute approximate surface area is 131 Å². The number of rotatable bonds is 5. The van der Waals surface area contributed by atoms with E-state index in [1.807, 2.05) is 57.2 Å². The Hall–Kier alpha value is -2.55. The van der Waals surface area contributed by atoms with Crippen molar-refractivity contribution in [3.05, 3.63) is 70.8 Å². The summed E-state index contributed by atoms with van der Waals surface area (Å²) in [4.78, 5) is 10.9. The summed E-state index contributed by atoms with van der Waals surface area (Å²) in [6, 6.07) is 9.89. The molecule has 1 atom stereocenters. The Balaban J connectivity index is 2.73. The molecule has 0 aliphatic heterocycles. The molecule has 2 rings (SSSR count). The van der Waals surface area contributed by atoms with Crippen molar-refractivity contribution in [3.63, 3.8) is 0 Å². The van der Waals surface area contributed by atoms with E-state index in [-0.39, 0.29) is 11.7 Å². The Bertz CT molecular complexity index is 705. The van der Waals surface area contributed by atoms with Crippen molar-refractivity contribution in [1.29, 1.82) is 0 Å². The van der Waals surface area contributed by atoms with Gasteiger partial charge in [0.1, 0.15) is 5.75 Å². The van der Waals surface area contributed by atoms with E-state index < -0.39 is 0 Å². The Kier molecular flexibility index (Phi) is 4.66. The van der Waals surface area contributed by atoms with E-state index in [4.69, 9.17) is 0 Å². The third-order valence-electron chi connectivity index (χ3n) is 4.24. The first-order chi connectivity index (χ1) is 10.5. The van der Waals surface area contributed by atoms with Gasteiger partial charge < -0.3 is 10.4 Å². The molecular weight excluding hydrogens is 274 g/mol. The minimum absolute atomic E-state index is 0.132. The lowest BCUT2D eigenvalue weighted by atomic mass is 9.84. The zero-order valence-corrected chi connectivity index (χ0v) is 13.2. The van der Waals surface area contributed by atoms with Crippen LogP contribution in [0.5, 0.6) is 5.75 Å². The molecule has 114 valence electrons. The first-order valence-corrected chi connectivity index (χ1v) is 7.23. The molecule has 2 aromatic rings. The Morgan fingerprint density at radius 1 is 1.09 bits per heavy atom. The van der Waals surface area contributed by atoms with Crippen LogP contribution >= 0.6 is 0 Å². The van der Waals surface area contributed by atoms with Crippen LogP contribution in [0.2, 0.25) is 0 Å². The number of anilines is 1. The molecule has 0 saturated carbocycles. The van der Waals surface area contributed by atoms with Crippen LogP contribution in [-0.4, -0.2) is 11.5 Å². The number of benzene rings is 2. The van der Waals surface area contributed by atoms with Crippen molar-refractivity contribution in [3.8, 4) is 5.75 Å². The lowest BCUT2D eigenvalue weighted by Gasteiger charge is -2.23. The fourth-order valence-electron chi connectivity index (χ4n) is 2.90. The van der Waals surface area contributed by atoms with Crippen LogP contribution in [0.1, 0.15) is 33.7 Å². The molecular formula is C19H21NO2. The van der Waals surface area contributed by atoms with Crippen molar-refractivity contribution in [2.24, 2.45) is 0 Å². The van der Waals surface area contributed by atoms with Gasteiger partial charge in [-0.1, -0.05) is 36.4 Å². The fourth-order valence-corrected chi connectivity index (χ4v) is 2.90. The first-order valence-electron chi connectivity index (χ1n) is 7.23. The minimum Gasteiger partial charge on any atom is -0.507 e. The van der Waals surface area contributed by atoms with Crippen LogP contribution in [0.25, 0.3) is 0 Å². The predicted octanol–water partition coefficient (Wildman–Crippen LogP) is 4.20. The topological polar surface area (TPSA) is 49.3 Å². The molecule has 2 aromatic carbocycles. The number of aromatic hydroxyl groups is 1. The standard InChI is InChI=1S/C19H21NO2/c1-5-16(15-9-7-6-8-10-15)17-14(4)18(20-11-21)12(2)13(3)19(17)22/h5-11,16,22H,1H2,2-4H3,(H,20,21). The second-order valence-corrected chi connectivity index (χ2v) is 5.40. The van der Waals surface area contributed by atoms with Crippen molar-refractivity contribution >= 4 is 12.1 Å². The molecule has 1 unspecified atom stereocenters. The maximum absolute atomic E-state index is 10.9. The molecule has 3 nitrogen and oxygen atoms in total. The third-order valence-corrected chi connectivity index (χ3v) is 4.24. The normalized spacial score (nSPS) is 11.8. The molecule has 0 spiro atoms. The molecule has 0 saturated heterocycles. The molecule has 0 aromatic heterocycles. The monoisotopic (exact) mass is 295 g/mol. The largest absolute Gasteiger partial charge is 0.507 e. The van der Waals surface area contributed by atoms with Gasteiger partial charge in [0.05, 0.1) is 0 Å². The first kappa shape index (κ1) is 15.8. The second-order valence-electron chi connectivity index (χ2n) is 5.40. The van der Waals surface area contributed by atoms with Gasteiger partial charge in [0, 0.05) is 17.2 Å². The molecule has 0 fully saturated rings. The van der Waals surface area contributed by atoms with E-state index in [0.717, 1.165) is 33.5 Å². The van der Waals surface area contributed by atoms with Gasteiger partial charge in [-0.25, -0.2) is 0 Å². The summed E-state index contributed by atoms with van der Waals surface area (Å²) in [5, 5.41) is 13.4. The average molecular weight is 295 g/mol. The summed E-state index contributed by atoms with van der Waals surface area (Å²) in [5.41, 5.74) is 5.10. The van der Waals surface area contributed by atoms with Crippen LogP contribution in [-0.2, 0) is 4.79 Å². The number of carbonyl (C=O) groups is 1. The van der Waals surface area contributed by atoms with Gasteiger partial charge in [-0.15, -0.1) is 6.58 Å². The number of hydrogen-bond donors (Lipinski definition) is 2. The quantitative estimate of drug-likeness (QED) is 0.493. The molecule has 0 heterocycles. The molecule has 0 radical (unpaired) electrons. The van der Waals surface area contributed by atoms with Gasteiger partial charge in [-0.05, 0) is 43.0 Å². The van der Waals surface area contributed by atoms with Gasteiger partial charge in [-0.3, -0.25) is 4.79 Å². The van der Waals surface area contributed by atoms with Gasteiger partial charge in [0.25, 0.3) is 0 Å². The van der Waals surface area contributed by atoms with E-state index >= 15 is 0 Å². The van der Waals surface area contributed by atoms with Crippen molar-refractivity contribution in [1.82, 2.24) is 0 Å². The van der Waals surface area contributed by atoms with Crippen LogP contribution in [0, 0.1) is 20.8 Å². The highest BCUT2D eigenvalue weighted by Gasteiger charge is 2.22. The highest BCUT2D eigenvalue weighted by Crippen LogP contribution is 2.42. The van der Waals surface area contributed by atoms with E-state index in [1.54, 1.807) is 0 Å². The Morgan fingerprint density at radius 2 is 1.73 bits per heavy atom. The van der Waals surface area contributed by atoms with Crippen molar-refractivity contribution in [2.45, 2.75) is 26.7 Å². The maximum atomic E-state index is 10.9. The third kappa shape index (κ3) is 2.62. The summed E-state index contributed by atoms with van der Waals surface area (Å²) >= 11 is 0. The van der Waals surface area contributed by atoms with Gasteiger partial charge in [-0.2, -0.15) is 0 Å². The zero-order valence-electron chi connectivity index (χ0n) is 13.2. The number of allylic oxidation sites excluding steroid dienone is 1. The molecule has 0 bridgehead atoms. The number of amides is 1. The van der Waals surface area contributed by atoms with Crippen molar-refractivity contribution < 1.29 is 9.90 Å². The van der Waals surface area contributed by atoms with Crippen LogP contribution < -0.4 is 5.32 Å². The molecule has 3 heteroatoms. The maximum Gasteiger partial charge on any atom is 0.211 e. The van der Waals surface area contributed by atoms with E-state index in [0.29, 0.717) is 6.41 Å². The van der Waals surface area contributed by atoms with Gasteiger partial charge in [0.15, 0.2) is 0 Å². The van der Waals surface area contributed by atoms with Crippen molar-refractivity contribution in [2.75, 3.05) is 5.32 Å². The lowest BCUT2D eigenvalue weighted by Crippen LogP contribution is -2.08. The van der Waals surface area contributed by atoms with Gasteiger partial charge in [0.2, 0.25) is 6.41 Å². The summed E-state index contributed by atoms with van der Waals surface area (Å²) in [6.07, 6.45) is 2.48. The SMILES string of the molecule is C=CC(c1ccccc1)c1c(C)c(NC=O)c(C)c(C)c1O. The highest BCUT2D eigenvalue weighted by atomic mass is 16.3. The van der Waals surface area contributed by atoms with Crippen LogP contribution in [0.3, 0.4) is 0 Å². The number of hydrogen-bond acceptors (Lipinski definition) is 2. The van der Waals surface area contributed by atoms with E-state index in [2.05, 4.69) is 11.9 Å². The number of nitrogens with one attached hydrogen (secondary N) is 1. The minimum atomic E-state index is -0.132. The highest BCUT2D eigenvalue weighted by molar-refractivity contribution is 5.79. The summed E-state index contributed by atoms with van der Waals surface area (Å²) in [6.45, 7) is 9.58. The number of phenolic OH excluding ortho intramolecular Hbond substituents is 1. The van der Waals surface area contributed by atoms with Gasteiger partial charge >= 0.3 is 0 Å². The molecule has 2 N–H and O–H groups in total. The smallest absolute Gasteiger partial charge is 0.211 e. The average Bonchev–Trinajstić information content (AvgIpc) is 2.54. The zero-order chi connectivity index (χ0) is 16.3. The van der Waals surface area contributed by atoms with Crippen LogP contribution in [0.15, 0.2) is 43.0 Å². The summed E-state index contributed by atoms with van der Waals surface area (Å²) < 4.78 is 0. The Morgan fingerprint density at radius 3 is 2.27 bits per heavy atom. The molecule has 0 aliphatic rings. The number of carbonyl (C=O) groups excluding carboxylic acids is 1. The second kappa shape index (κ2) is 6.48. The van der Waals surface area contributed by atoms with Crippen LogP contribution in [0.4, 0.5) is 5.69 Å². The van der Waals surface area contributed by atoms with E-state index in [1.165, 1.54) is 0 Å². The molecule has 1 amide bonds. The summed E-state index contributed by atoms with van der Waals surface area (Å²) in [7, 11) is 0. The fraction of sp³-hybridized carbons (Fsp3) is 0.211. The molecule has 22 heavy (non-hydrogen) atoms. The molecule has 0 aliphatic carbocycles.